The highest BCUT2D eigenvalue weighted by atomic mass is 35.5. The minimum atomic E-state index is -0.422. The molecule has 1 fully saturated rings. The molecule has 0 spiro atoms. The highest BCUT2D eigenvalue weighted by Crippen LogP contribution is 2.16. The molecule has 1 aliphatic heterocycles. The van der Waals surface area contributed by atoms with E-state index in [2.05, 4.69) is 4.98 Å². The Kier molecular flexibility index (Phi) is 5.90. The van der Waals surface area contributed by atoms with Gasteiger partial charge in [-0.1, -0.05) is 23.7 Å². The number of carbonyl (C=O) groups is 3. The van der Waals surface area contributed by atoms with Gasteiger partial charge in [0.1, 0.15) is 11.3 Å². The van der Waals surface area contributed by atoms with Gasteiger partial charge >= 0.3 is 5.97 Å². The van der Waals surface area contributed by atoms with Gasteiger partial charge in [-0.3, -0.25) is 9.59 Å². The number of carbonyl (C=O) groups excluding carboxylic acids is 3. The van der Waals surface area contributed by atoms with Crippen molar-refractivity contribution in [2.45, 2.75) is 13.0 Å². The van der Waals surface area contributed by atoms with Crippen LogP contribution in [-0.2, 0) is 16.1 Å². The van der Waals surface area contributed by atoms with Crippen molar-refractivity contribution in [2.75, 3.05) is 26.7 Å². The number of amides is 2. The van der Waals surface area contributed by atoms with Crippen LogP contribution in [0.2, 0.25) is 5.02 Å². The molecular formula is C22H21ClN4O4. The fraction of sp³-hybridized carbons (Fsp3) is 0.273. The normalized spacial score (nSPS) is 14.6. The van der Waals surface area contributed by atoms with Crippen LogP contribution in [0, 0.1) is 0 Å². The van der Waals surface area contributed by atoms with Crippen LogP contribution in [0.25, 0.3) is 5.65 Å². The summed E-state index contributed by atoms with van der Waals surface area (Å²) >= 11 is 6.00. The standard InChI is InChI=1S/C22H21ClN4O4/c1-31-22(30)16-4-2-3-15(11-16)12-26-10-9-25(8-7-20(26)28)21(29)18-14-27-13-17(23)5-6-19(27)24-18/h2-6,11,13-14H,7-10,12H2,1H3. The highest BCUT2D eigenvalue weighted by Gasteiger charge is 2.26. The Hall–Kier alpha value is -3.39. The lowest BCUT2D eigenvalue weighted by molar-refractivity contribution is -0.130. The van der Waals surface area contributed by atoms with Crippen molar-refractivity contribution in [3.05, 3.63) is 70.6 Å². The maximum atomic E-state index is 13.0. The predicted molar refractivity (Wildman–Crippen MR) is 114 cm³/mol. The molecule has 2 amide bonds. The number of benzene rings is 1. The van der Waals surface area contributed by atoms with Gasteiger partial charge in [0, 0.05) is 45.0 Å². The molecular weight excluding hydrogens is 420 g/mol. The average Bonchev–Trinajstić information content (AvgIpc) is 3.11. The van der Waals surface area contributed by atoms with Crippen LogP contribution in [0.4, 0.5) is 0 Å². The Morgan fingerprint density at radius 2 is 1.97 bits per heavy atom. The Morgan fingerprint density at radius 3 is 2.77 bits per heavy atom. The molecule has 1 aliphatic rings. The molecule has 1 saturated heterocycles. The highest BCUT2D eigenvalue weighted by molar-refractivity contribution is 6.30. The fourth-order valence-electron chi connectivity index (χ4n) is 3.60. The van der Waals surface area contributed by atoms with Crippen LogP contribution < -0.4 is 0 Å². The van der Waals surface area contributed by atoms with Crippen LogP contribution in [0.15, 0.2) is 48.8 Å². The summed E-state index contributed by atoms with van der Waals surface area (Å²) in [6.07, 6.45) is 3.56. The third kappa shape index (κ3) is 4.54. The first-order valence-corrected chi connectivity index (χ1v) is 10.2. The summed E-state index contributed by atoms with van der Waals surface area (Å²) in [4.78, 5) is 45.1. The lowest BCUT2D eigenvalue weighted by Gasteiger charge is -2.22. The van der Waals surface area contributed by atoms with Crippen molar-refractivity contribution in [3.63, 3.8) is 0 Å². The molecule has 3 heterocycles. The second-order valence-corrected chi connectivity index (χ2v) is 7.72. The molecule has 0 bridgehead atoms. The maximum absolute atomic E-state index is 13.0. The van der Waals surface area contributed by atoms with E-state index >= 15 is 0 Å². The number of fused-ring (bicyclic) bond motifs is 1. The molecule has 160 valence electrons. The number of imidazole rings is 1. The second-order valence-electron chi connectivity index (χ2n) is 7.29. The molecule has 8 nitrogen and oxygen atoms in total. The van der Waals surface area contributed by atoms with E-state index in [1.165, 1.54) is 7.11 Å². The van der Waals surface area contributed by atoms with Gasteiger partial charge in [-0.25, -0.2) is 9.78 Å². The topological polar surface area (TPSA) is 84.2 Å². The molecule has 0 unspecified atom stereocenters. The molecule has 1 aromatic carbocycles. The summed E-state index contributed by atoms with van der Waals surface area (Å²) in [5.41, 5.74) is 2.21. The van der Waals surface area contributed by atoms with Crippen molar-refractivity contribution >= 4 is 35.0 Å². The number of ether oxygens (including phenoxy) is 1. The van der Waals surface area contributed by atoms with Crippen LogP contribution in [0.5, 0.6) is 0 Å². The van der Waals surface area contributed by atoms with E-state index in [4.69, 9.17) is 16.3 Å². The van der Waals surface area contributed by atoms with Crippen molar-refractivity contribution in [2.24, 2.45) is 0 Å². The van der Waals surface area contributed by atoms with Crippen LogP contribution in [0.3, 0.4) is 0 Å². The smallest absolute Gasteiger partial charge is 0.337 e. The number of esters is 1. The lowest BCUT2D eigenvalue weighted by Crippen LogP contribution is -2.35. The number of aromatic nitrogens is 2. The van der Waals surface area contributed by atoms with E-state index in [9.17, 15) is 14.4 Å². The van der Waals surface area contributed by atoms with E-state index in [1.807, 2.05) is 6.07 Å². The van der Waals surface area contributed by atoms with Gasteiger partial charge in [-0.05, 0) is 29.8 Å². The quantitative estimate of drug-likeness (QED) is 0.582. The van der Waals surface area contributed by atoms with Crippen molar-refractivity contribution in [1.82, 2.24) is 19.2 Å². The zero-order valence-electron chi connectivity index (χ0n) is 17.0. The van der Waals surface area contributed by atoms with Gasteiger partial charge in [0.05, 0.1) is 17.7 Å². The number of halogens is 1. The Bertz CT molecular complexity index is 1160. The second kappa shape index (κ2) is 8.77. The minimum absolute atomic E-state index is 0.0412. The number of methoxy groups -OCH3 is 1. The van der Waals surface area contributed by atoms with Gasteiger partial charge in [0.25, 0.3) is 5.91 Å². The van der Waals surface area contributed by atoms with E-state index in [-0.39, 0.29) is 18.2 Å². The summed E-state index contributed by atoms with van der Waals surface area (Å²) in [5, 5.41) is 0.552. The van der Waals surface area contributed by atoms with Crippen molar-refractivity contribution < 1.29 is 19.1 Å². The summed E-state index contributed by atoms with van der Waals surface area (Å²) in [6, 6.07) is 10.5. The fourth-order valence-corrected chi connectivity index (χ4v) is 3.77. The van der Waals surface area contributed by atoms with Gasteiger partial charge in [0.2, 0.25) is 5.91 Å². The van der Waals surface area contributed by atoms with Crippen molar-refractivity contribution in [3.8, 4) is 0 Å². The molecule has 0 radical (unpaired) electrons. The van der Waals surface area contributed by atoms with Gasteiger partial charge in [-0.2, -0.15) is 0 Å². The molecule has 4 rings (SSSR count). The monoisotopic (exact) mass is 440 g/mol. The molecule has 0 saturated carbocycles. The molecule has 0 atom stereocenters. The third-order valence-electron chi connectivity index (χ3n) is 5.23. The van der Waals surface area contributed by atoms with Crippen molar-refractivity contribution in [1.29, 1.82) is 0 Å². The van der Waals surface area contributed by atoms with E-state index in [0.717, 1.165) is 5.56 Å². The average molecular weight is 441 g/mol. The lowest BCUT2D eigenvalue weighted by atomic mass is 10.1. The largest absolute Gasteiger partial charge is 0.465 e. The summed E-state index contributed by atoms with van der Waals surface area (Å²) < 4.78 is 6.46. The molecule has 3 aromatic rings. The number of rotatable bonds is 4. The first kappa shape index (κ1) is 20.9. The third-order valence-corrected chi connectivity index (χ3v) is 5.45. The molecule has 0 N–H and O–H groups in total. The van der Waals surface area contributed by atoms with Crippen LogP contribution in [0.1, 0.15) is 32.8 Å². The van der Waals surface area contributed by atoms with Crippen LogP contribution in [-0.4, -0.2) is 63.7 Å². The molecule has 9 heteroatoms. The van der Waals surface area contributed by atoms with E-state index in [0.29, 0.717) is 48.1 Å². The summed E-state index contributed by atoms with van der Waals surface area (Å²) in [6.45, 7) is 1.48. The number of hydrogen-bond donors (Lipinski definition) is 0. The minimum Gasteiger partial charge on any atom is -0.465 e. The summed E-state index contributed by atoms with van der Waals surface area (Å²) in [5.74, 6) is -0.683. The van der Waals surface area contributed by atoms with E-state index in [1.54, 1.807) is 56.9 Å². The summed E-state index contributed by atoms with van der Waals surface area (Å²) in [7, 11) is 1.33. The van der Waals surface area contributed by atoms with Gasteiger partial charge < -0.3 is 18.9 Å². The van der Waals surface area contributed by atoms with Crippen LogP contribution >= 0.6 is 11.6 Å². The SMILES string of the molecule is COC(=O)c1cccc(CN2CCN(C(=O)c3cn4cc(Cl)ccc4n3)CCC2=O)c1. The Morgan fingerprint density at radius 1 is 1.13 bits per heavy atom. The number of hydrogen-bond acceptors (Lipinski definition) is 5. The molecule has 0 aliphatic carbocycles. The number of pyridine rings is 1. The molecule has 2 aromatic heterocycles. The van der Waals surface area contributed by atoms with E-state index < -0.39 is 5.97 Å². The predicted octanol–water partition coefficient (Wildman–Crippen LogP) is 2.65. The molecule has 31 heavy (non-hydrogen) atoms. The Balaban J connectivity index is 1.45. The number of nitrogens with zero attached hydrogens (tertiary/aromatic N) is 4. The first-order chi connectivity index (χ1) is 14.9. The first-order valence-electron chi connectivity index (χ1n) is 9.83. The maximum Gasteiger partial charge on any atom is 0.337 e. The Labute approximate surface area is 184 Å². The zero-order valence-corrected chi connectivity index (χ0v) is 17.7. The van der Waals surface area contributed by atoms with Gasteiger partial charge in [-0.15, -0.1) is 0 Å². The zero-order chi connectivity index (χ0) is 22.0. The van der Waals surface area contributed by atoms with Gasteiger partial charge in [0.15, 0.2) is 0 Å².